The maximum absolute atomic E-state index is 11.3. The van der Waals surface area contributed by atoms with Crippen molar-refractivity contribution in [1.82, 2.24) is 4.90 Å². The van der Waals surface area contributed by atoms with E-state index in [4.69, 9.17) is 5.11 Å². The van der Waals surface area contributed by atoms with Crippen LogP contribution in [0, 0.1) is 5.92 Å². The summed E-state index contributed by atoms with van der Waals surface area (Å²) in [6.45, 7) is 0.918. The second kappa shape index (κ2) is 4.60. The van der Waals surface area contributed by atoms with Crippen molar-refractivity contribution in [3.63, 3.8) is 0 Å². The van der Waals surface area contributed by atoms with Crippen molar-refractivity contribution in [2.75, 3.05) is 18.4 Å². The van der Waals surface area contributed by atoms with Gasteiger partial charge in [-0.25, -0.2) is 4.79 Å². The molecule has 1 rings (SSSR count). The van der Waals surface area contributed by atoms with Crippen molar-refractivity contribution in [1.29, 1.82) is 0 Å². The van der Waals surface area contributed by atoms with Crippen molar-refractivity contribution in [2.45, 2.75) is 12.8 Å². The van der Waals surface area contributed by atoms with Gasteiger partial charge in [0, 0.05) is 19.0 Å². The highest BCUT2D eigenvalue weighted by Crippen LogP contribution is 2.17. The predicted molar refractivity (Wildman–Crippen MR) is 51.1 cm³/mol. The van der Waals surface area contributed by atoms with E-state index < -0.39 is 6.09 Å². The summed E-state index contributed by atoms with van der Waals surface area (Å²) in [6.07, 6.45) is 0.677. The quantitative estimate of drug-likeness (QED) is 0.752. The topological polar surface area (TPSA) is 57.6 Å². The predicted octanol–water partition coefficient (Wildman–Crippen LogP) is 1.34. The van der Waals surface area contributed by atoms with Crippen molar-refractivity contribution in [2.24, 2.45) is 5.92 Å². The van der Waals surface area contributed by atoms with Crippen LogP contribution in [-0.2, 0) is 4.79 Å². The first-order valence-corrected chi connectivity index (χ1v) is 5.34. The summed E-state index contributed by atoms with van der Waals surface area (Å²) < 4.78 is 0. The van der Waals surface area contributed by atoms with Crippen LogP contribution in [0.4, 0.5) is 4.79 Å². The summed E-state index contributed by atoms with van der Waals surface area (Å²) in [4.78, 5) is 23.2. The molecule has 1 saturated heterocycles. The Labute approximate surface area is 85.0 Å². The molecule has 0 radical (unpaired) electrons. The summed E-state index contributed by atoms with van der Waals surface area (Å²) in [7, 11) is 0. The van der Waals surface area contributed by atoms with Crippen LogP contribution in [0.5, 0.6) is 0 Å². The number of ketones is 1. The summed E-state index contributed by atoms with van der Waals surface area (Å²) >= 11 is 3.09. The molecule has 1 atom stereocenters. The van der Waals surface area contributed by atoms with Gasteiger partial charge < -0.3 is 10.0 Å². The van der Waals surface area contributed by atoms with Gasteiger partial charge in [-0.15, -0.1) is 0 Å². The molecule has 1 aliphatic heterocycles. The SMILES string of the molecule is O=C(CBr)C1CCCN(C(=O)O)C1. The lowest BCUT2D eigenvalue weighted by Crippen LogP contribution is -2.41. The van der Waals surface area contributed by atoms with E-state index in [1.165, 1.54) is 4.90 Å². The van der Waals surface area contributed by atoms with Gasteiger partial charge in [-0.05, 0) is 12.8 Å². The fourth-order valence-corrected chi connectivity index (χ4v) is 1.98. The molecule has 74 valence electrons. The number of likely N-dealkylation sites (tertiary alicyclic amines) is 1. The first kappa shape index (κ1) is 10.5. The highest BCUT2D eigenvalue weighted by molar-refractivity contribution is 9.09. The zero-order chi connectivity index (χ0) is 9.84. The number of amides is 1. The number of nitrogens with zero attached hydrogens (tertiary/aromatic N) is 1. The zero-order valence-electron chi connectivity index (χ0n) is 7.20. The van der Waals surface area contributed by atoms with Gasteiger partial charge in [-0.2, -0.15) is 0 Å². The molecular formula is C8H12BrNO3. The second-order valence-electron chi connectivity index (χ2n) is 3.17. The summed E-state index contributed by atoms with van der Waals surface area (Å²) in [5.74, 6) is -0.00447. The number of carbonyl (C=O) groups is 2. The molecule has 4 nitrogen and oxygen atoms in total. The molecular weight excluding hydrogens is 238 g/mol. The molecule has 1 N–H and O–H groups in total. The Kier molecular flexibility index (Phi) is 3.71. The monoisotopic (exact) mass is 249 g/mol. The third kappa shape index (κ3) is 2.69. The molecule has 0 aromatic heterocycles. The van der Waals surface area contributed by atoms with E-state index in [9.17, 15) is 9.59 Å². The van der Waals surface area contributed by atoms with Crippen LogP contribution >= 0.6 is 15.9 Å². The molecule has 1 heterocycles. The molecule has 1 amide bonds. The standard InChI is InChI=1S/C8H12BrNO3/c9-4-7(11)6-2-1-3-10(5-6)8(12)13/h6H,1-5H2,(H,12,13). The number of piperidine rings is 1. The van der Waals surface area contributed by atoms with Gasteiger partial charge in [0.1, 0.15) is 5.78 Å². The molecule has 0 saturated carbocycles. The van der Waals surface area contributed by atoms with E-state index in [0.717, 1.165) is 12.8 Å². The Morgan fingerprint density at radius 1 is 1.54 bits per heavy atom. The molecule has 1 aliphatic rings. The van der Waals surface area contributed by atoms with Crippen LogP contribution in [0.15, 0.2) is 0 Å². The molecule has 0 aliphatic carbocycles. The van der Waals surface area contributed by atoms with E-state index in [1.807, 2.05) is 0 Å². The number of hydrogen-bond acceptors (Lipinski definition) is 2. The first-order chi connectivity index (χ1) is 6.15. The van der Waals surface area contributed by atoms with Crippen LogP contribution in [0.2, 0.25) is 0 Å². The second-order valence-corrected chi connectivity index (χ2v) is 3.73. The molecule has 1 unspecified atom stereocenters. The molecule has 0 spiro atoms. The van der Waals surface area contributed by atoms with E-state index >= 15 is 0 Å². The lowest BCUT2D eigenvalue weighted by molar-refractivity contribution is -0.121. The van der Waals surface area contributed by atoms with Crippen molar-refractivity contribution >= 4 is 27.8 Å². The maximum atomic E-state index is 11.3. The summed E-state index contributed by atoms with van der Waals surface area (Å²) in [5.41, 5.74) is 0. The molecule has 0 aromatic rings. The Balaban J connectivity index is 2.51. The number of halogens is 1. The van der Waals surface area contributed by atoms with Crippen LogP contribution in [0.1, 0.15) is 12.8 Å². The highest BCUT2D eigenvalue weighted by atomic mass is 79.9. The van der Waals surface area contributed by atoms with Crippen molar-refractivity contribution in [3.05, 3.63) is 0 Å². The zero-order valence-corrected chi connectivity index (χ0v) is 8.79. The Hall–Kier alpha value is -0.580. The molecule has 0 bridgehead atoms. The van der Waals surface area contributed by atoms with Crippen LogP contribution in [0.3, 0.4) is 0 Å². The minimum absolute atomic E-state index is 0.103. The van der Waals surface area contributed by atoms with Gasteiger partial charge in [0.25, 0.3) is 0 Å². The minimum Gasteiger partial charge on any atom is -0.465 e. The molecule has 13 heavy (non-hydrogen) atoms. The van der Waals surface area contributed by atoms with Gasteiger partial charge in [0.05, 0.1) is 5.33 Å². The Bertz CT molecular complexity index is 219. The normalized spacial score (nSPS) is 22.8. The highest BCUT2D eigenvalue weighted by Gasteiger charge is 2.27. The fourth-order valence-electron chi connectivity index (χ4n) is 1.52. The Morgan fingerprint density at radius 2 is 2.23 bits per heavy atom. The number of Topliss-reactive ketones (excluding diaryl/α,β-unsaturated/α-hetero) is 1. The van der Waals surface area contributed by atoms with E-state index in [-0.39, 0.29) is 11.7 Å². The smallest absolute Gasteiger partial charge is 0.407 e. The van der Waals surface area contributed by atoms with Gasteiger partial charge in [0.2, 0.25) is 0 Å². The number of alkyl halides is 1. The van der Waals surface area contributed by atoms with E-state index in [2.05, 4.69) is 15.9 Å². The average molecular weight is 250 g/mol. The largest absolute Gasteiger partial charge is 0.465 e. The fraction of sp³-hybridized carbons (Fsp3) is 0.750. The van der Waals surface area contributed by atoms with Gasteiger partial charge in [-0.1, -0.05) is 15.9 Å². The van der Waals surface area contributed by atoms with Gasteiger partial charge >= 0.3 is 6.09 Å². The van der Waals surface area contributed by atoms with E-state index in [1.54, 1.807) is 0 Å². The van der Waals surface area contributed by atoms with Gasteiger partial charge in [-0.3, -0.25) is 4.79 Å². The first-order valence-electron chi connectivity index (χ1n) is 4.21. The van der Waals surface area contributed by atoms with Crippen LogP contribution in [0.25, 0.3) is 0 Å². The third-order valence-corrected chi connectivity index (χ3v) is 2.83. The number of carboxylic acid groups (broad SMARTS) is 1. The maximum Gasteiger partial charge on any atom is 0.407 e. The third-order valence-electron chi connectivity index (χ3n) is 2.28. The van der Waals surface area contributed by atoms with Crippen molar-refractivity contribution in [3.8, 4) is 0 Å². The molecule has 5 heteroatoms. The van der Waals surface area contributed by atoms with Crippen LogP contribution in [-0.4, -0.2) is 40.3 Å². The molecule has 1 fully saturated rings. The van der Waals surface area contributed by atoms with E-state index in [0.29, 0.717) is 18.4 Å². The average Bonchev–Trinajstić information content (AvgIpc) is 2.17. The number of carbonyl (C=O) groups excluding carboxylic acids is 1. The van der Waals surface area contributed by atoms with Crippen molar-refractivity contribution < 1.29 is 14.7 Å². The summed E-state index contributed by atoms with van der Waals surface area (Å²) in [6, 6.07) is 0. The van der Waals surface area contributed by atoms with Crippen LogP contribution < -0.4 is 0 Å². The number of rotatable bonds is 2. The number of hydrogen-bond donors (Lipinski definition) is 1. The minimum atomic E-state index is -0.924. The summed E-state index contributed by atoms with van der Waals surface area (Å²) in [5, 5.41) is 9.04. The van der Waals surface area contributed by atoms with Gasteiger partial charge in [0.15, 0.2) is 0 Å². The molecule has 0 aromatic carbocycles. The lowest BCUT2D eigenvalue weighted by atomic mass is 9.95. The lowest BCUT2D eigenvalue weighted by Gasteiger charge is -2.29. The Morgan fingerprint density at radius 3 is 2.77 bits per heavy atom.